The van der Waals surface area contributed by atoms with E-state index in [1.165, 1.54) is 6.07 Å². The molecule has 2 rings (SSSR count). The molecule has 1 aromatic rings. The van der Waals surface area contributed by atoms with Crippen molar-refractivity contribution in [1.29, 1.82) is 0 Å². The standard InChI is InChI=1S/C17H21NO7/c1-2-23-16(19)10-17(20)24-8-7-12-5-6-14(18(21)22)15(9-12)25-11-13-3-4-13/h5-6,9,13H,2-4,7-8,10-11H2,1H3. The van der Waals surface area contributed by atoms with E-state index in [9.17, 15) is 19.7 Å². The minimum absolute atomic E-state index is 0.0676. The molecule has 1 aliphatic rings. The van der Waals surface area contributed by atoms with E-state index in [0.717, 1.165) is 18.4 Å². The Labute approximate surface area is 145 Å². The fourth-order valence-corrected chi connectivity index (χ4v) is 2.14. The van der Waals surface area contributed by atoms with Crippen LogP contribution in [0, 0.1) is 16.0 Å². The maximum Gasteiger partial charge on any atom is 0.317 e. The second-order valence-electron chi connectivity index (χ2n) is 5.77. The molecule has 0 radical (unpaired) electrons. The van der Waals surface area contributed by atoms with Crippen molar-refractivity contribution in [3.8, 4) is 5.75 Å². The molecule has 8 heteroatoms. The van der Waals surface area contributed by atoms with Crippen molar-refractivity contribution in [3.05, 3.63) is 33.9 Å². The van der Waals surface area contributed by atoms with Crippen LogP contribution in [0.25, 0.3) is 0 Å². The maximum atomic E-state index is 11.5. The molecule has 0 spiro atoms. The van der Waals surface area contributed by atoms with Crippen molar-refractivity contribution in [1.82, 2.24) is 0 Å². The summed E-state index contributed by atoms with van der Waals surface area (Å²) in [5, 5.41) is 11.1. The van der Waals surface area contributed by atoms with E-state index in [4.69, 9.17) is 9.47 Å². The number of ether oxygens (including phenoxy) is 3. The normalized spacial score (nSPS) is 13.2. The molecule has 1 aliphatic carbocycles. The Morgan fingerprint density at radius 1 is 1.24 bits per heavy atom. The van der Waals surface area contributed by atoms with Gasteiger partial charge in [-0.05, 0) is 37.3 Å². The van der Waals surface area contributed by atoms with Crippen LogP contribution in [-0.4, -0.2) is 36.7 Å². The molecule has 0 aromatic heterocycles. The van der Waals surface area contributed by atoms with Crippen molar-refractivity contribution in [2.45, 2.75) is 32.6 Å². The fourth-order valence-electron chi connectivity index (χ4n) is 2.14. The van der Waals surface area contributed by atoms with Crippen LogP contribution in [0.1, 0.15) is 31.7 Å². The van der Waals surface area contributed by atoms with Crippen LogP contribution in [-0.2, 0) is 25.5 Å². The number of nitro benzene ring substituents is 1. The quantitative estimate of drug-likeness (QED) is 0.276. The lowest BCUT2D eigenvalue weighted by molar-refractivity contribution is -0.385. The first kappa shape index (κ1) is 18.7. The number of esters is 2. The second kappa shape index (κ2) is 9.00. The van der Waals surface area contributed by atoms with E-state index in [-0.39, 0.29) is 24.7 Å². The van der Waals surface area contributed by atoms with Crippen LogP contribution in [0.4, 0.5) is 5.69 Å². The molecule has 0 aliphatic heterocycles. The Bertz CT molecular complexity index is 640. The van der Waals surface area contributed by atoms with Gasteiger partial charge in [0.25, 0.3) is 0 Å². The second-order valence-corrected chi connectivity index (χ2v) is 5.77. The van der Waals surface area contributed by atoms with Crippen LogP contribution in [0.2, 0.25) is 0 Å². The van der Waals surface area contributed by atoms with Crippen molar-refractivity contribution >= 4 is 17.6 Å². The minimum atomic E-state index is -0.662. The molecule has 0 atom stereocenters. The van der Waals surface area contributed by atoms with Gasteiger partial charge in [-0.3, -0.25) is 19.7 Å². The molecule has 25 heavy (non-hydrogen) atoms. The van der Waals surface area contributed by atoms with E-state index in [0.29, 0.717) is 18.9 Å². The zero-order chi connectivity index (χ0) is 18.2. The summed E-state index contributed by atoms with van der Waals surface area (Å²) < 4.78 is 15.2. The smallest absolute Gasteiger partial charge is 0.317 e. The number of nitrogens with zero attached hydrogens (tertiary/aromatic N) is 1. The molecule has 0 heterocycles. The molecule has 1 saturated carbocycles. The highest BCUT2D eigenvalue weighted by molar-refractivity contribution is 5.91. The predicted octanol–water partition coefficient (Wildman–Crippen LogP) is 2.42. The number of hydrogen-bond donors (Lipinski definition) is 0. The third-order valence-corrected chi connectivity index (χ3v) is 3.64. The molecule has 0 amide bonds. The zero-order valence-electron chi connectivity index (χ0n) is 14.1. The van der Waals surface area contributed by atoms with Gasteiger partial charge in [-0.15, -0.1) is 0 Å². The number of nitro groups is 1. The summed E-state index contributed by atoms with van der Waals surface area (Å²) in [6.45, 7) is 2.40. The number of rotatable bonds is 10. The van der Waals surface area contributed by atoms with Gasteiger partial charge in [0, 0.05) is 12.5 Å². The van der Waals surface area contributed by atoms with Crippen molar-refractivity contribution < 1.29 is 28.7 Å². The molecule has 0 unspecified atom stereocenters. The van der Waals surface area contributed by atoms with E-state index in [2.05, 4.69) is 4.74 Å². The molecule has 136 valence electrons. The third kappa shape index (κ3) is 6.40. The number of hydrogen-bond acceptors (Lipinski definition) is 7. The Hall–Kier alpha value is -2.64. The van der Waals surface area contributed by atoms with E-state index >= 15 is 0 Å². The summed E-state index contributed by atoms with van der Waals surface area (Å²) in [7, 11) is 0. The average Bonchev–Trinajstić information content (AvgIpc) is 3.37. The molecule has 1 aromatic carbocycles. The third-order valence-electron chi connectivity index (χ3n) is 3.64. The first-order valence-corrected chi connectivity index (χ1v) is 8.21. The summed E-state index contributed by atoms with van der Waals surface area (Å²) in [5.74, 6) is -0.580. The summed E-state index contributed by atoms with van der Waals surface area (Å²) in [5.41, 5.74) is 0.670. The van der Waals surface area contributed by atoms with Gasteiger partial charge in [0.1, 0.15) is 6.42 Å². The molecular weight excluding hydrogens is 330 g/mol. The Morgan fingerprint density at radius 3 is 2.60 bits per heavy atom. The highest BCUT2D eigenvalue weighted by Crippen LogP contribution is 2.33. The number of carbonyl (C=O) groups excluding carboxylic acids is 2. The van der Waals surface area contributed by atoms with Gasteiger partial charge in [-0.25, -0.2) is 0 Å². The first-order valence-electron chi connectivity index (χ1n) is 8.21. The molecule has 0 N–H and O–H groups in total. The molecule has 0 saturated heterocycles. The summed E-state index contributed by atoms with van der Waals surface area (Å²) in [6.07, 6.45) is 2.12. The minimum Gasteiger partial charge on any atom is -0.487 e. The van der Waals surface area contributed by atoms with E-state index in [1.807, 2.05) is 0 Å². The monoisotopic (exact) mass is 351 g/mol. The van der Waals surface area contributed by atoms with E-state index in [1.54, 1.807) is 19.1 Å². The van der Waals surface area contributed by atoms with Crippen LogP contribution in [0.3, 0.4) is 0 Å². The number of benzene rings is 1. The van der Waals surface area contributed by atoms with Crippen LogP contribution < -0.4 is 4.74 Å². The summed E-state index contributed by atoms with van der Waals surface area (Å²) in [6, 6.07) is 4.58. The number of carbonyl (C=O) groups is 2. The lowest BCUT2D eigenvalue weighted by Crippen LogP contribution is -2.15. The first-order chi connectivity index (χ1) is 12.0. The van der Waals surface area contributed by atoms with Crippen LogP contribution in [0.15, 0.2) is 18.2 Å². The van der Waals surface area contributed by atoms with Gasteiger partial charge < -0.3 is 14.2 Å². The lowest BCUT2D eigenvalue weighted by atomic mass is 10.1. The van der Waals surface area contributed by atoms with Crippen molar-refractivity contribution in [3.63, 3.8) is 0 Å². The van der Waals surface area contributed by atoms with Crippen molar-refractivity contribution in [2.24, 2.45) is 5.92 Å². The molecule has 1 fully saturated rings. The molecule has 8 nitrogen and oxygen atoms in total. The highest BCUT2D eigenvalue weighted by atomic mass is 16.6. The van der Waals surface area contributed by atoms with Crippen molar-refractivity contribution in [2.75, 3.05) is 19.8 Å². The Morgan fingerprint density at radius 2 is 1.96 bits per heavy atom. The van der Waals surface area contributed by atoms with Gasteiger partial charge >= 0.3 is 17.6 Å². The average molecular weight is 351 g/mol. The van der Waals surface area contributed by atoms with Crippen LogP contribution >= 0.6 is 0 Å². The molecular formula is C17H21NO7. The van der Waals surface area contributed by atoms with Crippen LogP contribution in [0.5, 0.6) is 5.75 Å². The van der Waals surface area contributed by atoms with Gasteiger partial charge in [-0.2, -0.15) is 0 Å². The van der Waals surface area contributed by atoms with Gasteiger partial charge in [0.05, 0.1) is 24.7 Å². The lowest BCUT2D eigenvalue weighted by Gasteiger charge is -2.09. The van der Waals surface area contributed by atoms with Gasteiger partial charge in [-0.1, -0.05) is 6.07 Å². The maximum absolute atomic E-state index is 11.5. The topological polar surface area (TPSA) is 105 Å². The fraction of sp³-hybridized carbons (Fsp3) is 0.529. The Kier molecular flexibility index (Phi) is 6.73. The van der Waals surface area contributed by atoms with Gasteiger partial charge in [0.2, 0.25) is 0 Å². The Balaban J connectivity index is 1.86. The zero-order valence-corrected chi connectivity index (χ0v) is 14.1. The largest absolute Gasteiger partial charge is 0.487 e. The highest BCUT2D eigenvalue weighted by Gasteiger charge is 2.24. The molecule has 0 bridgehead atoms. The summed E-state index contributed by atoms with van der Waals surface area (Å²) in [4.78, 5) is 33.2. The SMILES string of the molecule is CCOC(=O)CC(=O)OCCc1ccc([N+](=O)[O-])c(OCC2CC2)c1. The van der Waals surface area contributed by atoms with Gasteiger partial charge in [0.15, 0.2) is 5.75 Å². The predicted molar refractivity (Wildman–Crippen MR) is 87.2 cm³/mol. The van der Waals surface area contributed by atoms with E-state index < -0.39 is 23.3 Å². The summed E-state index contributed by atoms with van der Waals surface area (Å²) >= 11 is 0.